The predicted octanol–water partition coefficient (Wildman–Crippen LogP) is 3.69. The van der Waals surface area contributed by atoms with Gasteiger partial charge >= 0.3 is 5.97 Å². The summed E-state index contributed by atoms with van der Waals surface area (Å²) >= 11 is 6.02. The van der Waals surface area contributed by atoms with E-state index in [4.69, 9.17) is 11.6 Å². The zero-order valence-electron chi connectivity index (χ0n) is 11.6. The van der Waals surface area contributed by atoms with E-state index < -0.39 is 11.9 Å². The highest BCUT2D eigenvalue weighted by Gasteiger charge is 2.17. The summed E-state index contributed by atoms with van der Waals surface area (Å²) in [5.74, 6) is -0.946. The van der Waals surface area contributed by atoms with Gasteiger partial charge in [0.25, 0.3) is 5.91 Å². The number of carbonyl (C=O) groups is 2. The Morgan fingerprint density at radius 1 is 1.10 bits per heavy atom. The first-order chi connectivity index (χ1) is 10.0. The van der Waals surface area contributed by atoms with E-state index in [9.17, 15) is 9.59 Å². The van der Waals surface area contributed by atoms with E-state index in [1.807, 2.05) is 13.0 Å². The average Bonchev–Trinajstić information content (AvgIpc) is 2.50. The van der Waals surface area contributed by atoms with Crippen LogP contribution in [-0.4, -0.2) is 19.0 Å². The third-order valence-electron chi connectivity index (χ3n) is 3.01. The van der Waals surface area contributed by atoms with Crippen molar-refractivity contribution in [2.45, 2.75) is 6.92 Å². The number of rotatable bonds is 3. The van der Waals surface area contributed by atoms with E-state index in [-0.39, 0.29) is 11.1 Å². The van der Waals surface area contributed by atoms with Crippen LogP contribution in [0.2, 0.25) is 5.02 Å². The zero-order chi connectivity index (χ0) is 15.4. The van der Waals surface area contributed by atoms with Gasteiger partial charge in [0, 0.05) is 10.7 Å². The third kappa shape index (κ3) is 3.41. The second kappa shape index (κ2) is 6.41. The average molecular weight is 304 g/mol. The molecule has 21 heavy (non-hydrogen) atoms. The standard InChI is InChI=1S/C16H14ClNO3/c1-10-7-8-11(9-14(10)17)18-15(19)12-5-3-4-6-13(12)16(20)21-2/h3-9H,1-2H3,(H,18,19). The van der Waals surface area contributed by atoms with Crippen molar-refractivity contribution in [1.82, 2.24) is 0 Å². The van der Waals surface area contributed by atoms with Gasteiger partial charge in [0.2, 0.25) is 0 Å². The number of esters is 1. The molecule has 0 atom stereocenters. The SMILES string of the molecule is COC(=O)c1ccccc1C(=O)Nc1ccc(C)c(Cl)c1. The molecule has 0 radical (unpaired) electrons. The third-order valence-corrected chi connectivity index (χ3v) is 3.41. The van der Waals surface area contributed by atoms with Gasteiger partial charge in [-0.2, -0.15) is 0 Å². The Bertz CT molecular complexity index is 698. The van der Waals surface area contributed by atoms with E-state index in [2.05, 4.69) is 10.1 Å². The lowest BCUT2D eigenvalue weighted by atomic mass is 10.1. The Balaban J connectivity index is 2.28. The molecule has 0 aliphatic carbocycles. The second-order valence-corrected chi connectivity index (χ2v) is 4.86. The number of methoxy groups -OCH3 is 1. The molecule has 108 valence electrons. The van der Waals surface area contributed by atoms with E-state index in [1.165, 1.54) is 7.11 Å². The molecule has 1 N–H and O–H groups in total. The van der Waals surface area contributed by atoms with Crippen LogP contribution in [0.5, 0.6) is 0 Å². The highest BCUT2D eigenvalue weighted by molar-refractivity contribution is 6.31. The van der Waals surface area contributed by atoms with Crippen LogP contribution in [0.15, 0.2) is 42.5 Å². The van der Waals surface area contributed by atoms with Gasteiger partial charge in [-0.05, 0) is 36.8 Å². The molecule has 1 amide bonds. The van der Waals surface area contributed by atoms with Crippen LogP contribution in [0, 0.1) is 6.92 Å². The molecule has 2 aromatic carbocycles. The molecule has 2 rings (SSSR count). The molecule has 2 aromatic rings. The van der Waals surface area contributed by atoms with Crippen molar-refractivity contribution in [2.75, 3.05) is 12.4 Å². The molecule has 0 aromatic heterocycles. The monoisotopic (exact) mass is 303 g/mol. The molecule has 0 saturated heterocycles. The van der Waals surface area contributed by atoms with Crippen molar-refractivity contribution in [2.24, 2.45) is 0 Å². The molecular formula is C16H14ClNO3. The largest absolute Gasteiger partial charge is 0.465 e. The van der Waals surface area contributed by atoms with E-state index in [0.29, 0.717) is 10.7 Å². The molecular weight excluding hydrogens is 290 g/mol. The van der Waals surface area contributed by atoms with Crippen LogP contribution in [0.25, 0.3) is 0 Å². The van der Waals surface area contributed by atoms with Crippen molar-refractivity contribution >= 4 is 29.2 Å². The van der Waals surface area contributed by atoms with Crippen molar-refractivity contribution < 1.29 is 14.3 Å². The van der Waals surface area contributed by atoms with Gasteiger partial charge in [-0.25, -0.2) is 4.79 Å². The smallest absolute Gasteiger partial charge is 0.338 e. The minimum absolute atomic E-state index is 0.218. The molecule has 0 aliphatic rings. The number of hydrogen-bond donors (Lipinski definition) is 1. The number of ether oxygens (including phenoxy) is 1. The van der Waals surface area contributed by atoms with Crippen LogP contribution in [0.3, 0.4) is 0 Å². The maximum atomic E-state index is 12.3. The first kappa shape index (κ1) is 15.1. The maximum absolute atomic E-state index is 12.3. The summed E-state index contributed by atoms with van der Waals surface area (Å²) in [7, 11) is 1.27. The summed E-state index contributed by atoms with van der Waals surface area (Å²) in [6.07, 6.45) is 0. The van der Waals surface area contributed by atoms with Crippen LogP contribution < -0.4 is 5.32 Å². The lowest BCUT2D eigenvalue weighted by molar-refractivity contribution is 0.0597. The highest BCUT2D eigenvalue weighted by Crippen LogP contribution is 2.21. The molecule has 0 bridgehead atoms. The minimum Gasteiger partial charge on any atom is -0.465 e. The lowest BCUT2D eigenvalue weighted by Gasteiger charge is -2.09. The molecule has 0 aliphatic heterocycles. The van der Waals surface area contributed by atoms with Gasteiger partial charge in [0.15, 0.2) is 0 Å². The topological polar surface area (TPSA) is 55.4 Å². The molecule has 0 fully saturated rings. The van der Waals surface area contributed by atoms with Gasteiger partial charge in [0.1, 0.15) is 0 Å². The summed E-state index contributed by atoms with van der Waals surface area (Å²) in [5.41, 5.74) is 1.96. The fourth-order valence-corrected chi connectivity index (χ4v) is 2.02. The number of anilines is 1. The lowest BCUT2D eigenvalue weighted by Crippen LogP contribution is -2.17. The molecule has 0 unspecified atom stereocenters. The molecule has 5 heteroatoms. The van der Waals surface area contributed by atoms with Crippen LogP contribution in [0.4, 0.5) is 5.69 Å². The van der Waals surface area contributed by atoms with Crippen molar-refractivity contribution in [3.63, 3.8) is 0 Å². The maximum Gasteiger partial charge on any atom is 0.338 e. The van der Waals surface area contributed by atoms with Crippen molar-refractivity contribution in [1.29, 1.82) is 0 Å². The van der Waals surface area contributed by atoms with Gasteiger partial charge < -0.3 is 10.1 Å². The Labute approximate surface area is 127 Å². The Morgan fingerprint density at radius 3 is 2.38 bits per heavy atom. The number of benzene rings is 2. The zero-order valence-corrected chi connectivity index (χ0v) is 12.4. The number of amides is 1. The Kier molecular flexibility index (Phi) is 4.60. The van der Waals surface area contributed by atoms with Crippen LogP contribution in [-0.2, 0) is 4.74 Å². The molecule has 4 nitrogen and oxygen atoms in total. The normalized spacial score (nSPS) is 10.0. The summed E-state index contributed by atoms with van der Waals surface area (Å²) in [6.45, 7) is 1.88. The van der Waals surface area contributed by atoms with Crippen molar-refractivity contribution in [3.8, 4) is 0 Å². The molecule has 0 saturated carbocycles. The summed E-state index contributed by atoms with van der Waals surface area (Å²) in [5, 5.41) is 3.28. The van der Waals surface area contributed by atoms with Gasteiger partial charge in [-0.15, -0.1) is 0 Å². The number of carbonyl (C=O) groups excluding carboxylic acids is 2. The number of halogens is 1. The number of aryl methyl sites for hydroxylation is 1. The van der Waals surface area contributed by atoms with Crippen molar-refractivity contribution in [3.05, 3.63) is 64.2 Å². The Hall–Kier alpha value is -2.33. The summed E-state index contributed by atoms with van der Waals surface area (Å²) in [6, 6.07) is 11.7. The van der Waals surface area contributed by atoms with Crippen LogP contribution in [0.1, 0.15) is 26.3 Å². The van der Waals surface area contributed by atoms with E-state index >= 15 is 0 Å². The van der Waals surface area contributed by atoms with Gasteiger partial charge in [-0.3, -0.25) is 4.79 Å². The first-order valence-corrected chi connectivity index (χ1v) is 6.65. The van der Waals surface area contributed by atoms with E-state index in [0.717, 1.165) is 5.56 Å². The quantitative estimate of drug-likeness (QED) is 0.880. The van der Waals surface area contributed by atoms with Crippen LogP contribution >= 0.6 is 11.6 Å². The number of hydrogen-bond acceptors (Lipinski definition) is 3. The molecule has 0 spiro atoms. The molecule has 0 heterocycles. The van der Waals surface area contributed by atoms with Gasteiger partial charge in [-0.1, -0.05) is 29.8 Å². The predicted molar refractivity (Wildman–Crippen MR) is 81.9 cm³/mol. The second-order valence-electron chi connectivity index (χ2n) is 4.46. The fourth-order valence-electron chi connectivity index (χ4n) is 1.84. The number of nitrogens with one attached hydrogen (secondary N) is 1. The fraction of sp³-hybridized carbons (Fsp3) is 0.125. The van der Waals surface area contributed by atoms with Gasteiger partial charge in [0.05, 0.1) is 18.2 Å². The summed E-state index contributed by atoms with van der Waals surface area (Å²) < 4.78 is 4.67. The summed E-state index contributed by atoms with van der Waals surface area (Å²) in [4.78, 5) is 24.0. The Morgan fingerprint density at radius 2 is 1.76 bits per heavy atom. The highest BCUT2D eigenvalue weighted by atomic mass is 35.5. The van der Waals surface area contributed by atoms with E-state index in [1.54, 1.807) is 36.4 Å². The first-order valence-electron chi connectivity index (χ1n) is 6.27. The minimum atomic E-state index is -0.553.